The Morgan fingerprint density at radius 2 is 0.962 bits per heavy atom. The van der Waals surface area contributed by atoms with Crippen LogP contribution in [0.4, 0.5) is 37.7 Å². The summed E-state index contributed by atoms with van der Waals surface area (Å²) < 4.78 is 76.2. The van der Waals surface area contributed by atoms with Crippen LogP contribution in [0.25, 0.3) is 11.1 Å². The second kappa shape index (κ2) is 6.28. The van der Waals surface area contributed by atoms with E-state index in [0.717, 1.165) is 0 Å². The van der Waals surface area contributed by atoms with Gasteiger partial charge in [-0.3, -0.25) is 20.2 Å². The van der Waals surface area contributed by atoms with Crippen LogP contribution in [0.1, 0.15) is 11.1 Å². The van der Waals surface area contributed by atoms with Crippen molar-refractivity contribution >= 4 is 11.4 Å². The molecule has 2 rings (SSSR count). The molecule has 6 nitrogen and oxygen atoms in total. The first-order valence-electron chi connectivity index (χ1n) is 6.54. The quantitative estimate of drug-likeness (QED) is 0.416. The minimum Gasteiger partial charge on any atom is -0.258 e. The monoisotopic (exact) mass is 380 g/mol. The van der Waals surface area contributed by atoms with Gasteiger partial charge < -0.3 is 0 Å². The van der Waals surface area contributed by atoms with Crippen molar-refractivity contribution in [2.75, 3.05) is 0 Å². The zero-order valence-electron chi connectivity index (χ0n) is 12.3. The highest BCUT2D eigenvalue weighted by Gasteiger charge is 2.36. The molecule has 0 radical (unpaired) electrons. The zero-order valence-corrected chi connectivity index (χ0v) is 12.3. The van der Waals surface area contributed by atoms with Gasteiger partial charge in [0.25, 0.3) is 11.4 Å². The largest absolute Gasteiger partial charge is 0.416 e. The molecule has 2 aromatic carbocycles. The zero-order chi connectivity index (χ0) is 19.9. The van der Waals surface area contributed by atoms with E-state index in [4.69, 9.17) is 0 Å². The van der Waals surface area contributed by atoms with Gasteiger partial charge in [-0.2, -0.15) is 26.3 Å². The van der Waals surface area contributed by atoms with Crippen LogP contribution in [0.2, 0.25) is 0 Å². The van der Waals surface area contributed by atoms with Gasteiger partial charge in [0.2, 0.25) is 0 Å². The summed E-state index contributed by atoms with van der Waals surface area (Å²) in [6, 6.07) is 2.44. The van der Waals surface area contributed by atoms with E-state index < -0.39 is 55.8 Å². The van der Waals surface area contributed by atoms with Crippen LogP contribution < -0.4 is 0 Å². The summed E-state index contributed by atoms with van der Waals surface area (Å²) in [6.07, 6.45) is -9.81. The summed E-state index contributed by atoms with van der Waals surface area (Å²) in [5.74, 6) is 0. The Hall–Kier alpha value is -3.18. The number of nitro benzene ring substituents is 2. The number of rotatable bonds is 3. The molecule has 0 aromatic heterocycles. The van der Waals surface area contributed by atoms with Gasteiger partial charge in [0.1, 0.15) is 0 Å². The highest BCUT2D eigenvalue weighted by Crippen LogP contribution is 2.42. The van der Waals surface area contributed by atoms with E-state index in [1.165, 1.54) is 0 Å². The molecule has 0 fully saturated rings. The van der Waals surface area contributed by atoms with E-state index in [-0.39, 0.29) is 12.1 Å². The molecule has 12 heteroatoms. The summed E-state index contributed by atoms with van der Waals surface area (Å²) in [5, 5.41) is 22.1. The Morgan fingerprint density at radius 1 is 0.654 bits per heavy atom. The Morgan fingerprint density at radius 3 is 1.19 bits per heavy atom. The molecular formula is C14H6F6N2O4. The highest BCUT2D eigenvalue weighted by atomic mass is 19.4. The van der Waals surface area contributed by atoms with E-state index in [9.17, 15) is 46.6 Å². The van der Waals surface area contributed by atoms with Crippen LogP contribution in [0.5, 0.6) is 0 Å². The lowest BCUT2D eigenvalue weighted by Gasteiger charge is -2.11. The van der Waals surface area contributed by atoms with Gasteiger partial charge in [0, 0.05) is 12.1 Å². The summed E-state index contributed by atoms with van der Waals surface area (Å²) in [6.45, 7) is 0. The maximum Gasteiger partial charge on any atom is 0.416 e. The average Bonchev–Trinajstić information content (AvgIpc) is 2.51. The average molecular weight is 380 g/mol. The van der Waals surface area contributed by atoms with Gasteiger partial charge in [0.05, 0.1) is 32.1 Å². The van der Waals surface area contributed by atoms with E-state index in [1.807, 2.05) is 0 Å². The highest BCUT2D eigenvalue weighted by molar-refractivity contribution is 5.81. The van der Waals surface area contributed by atoms with Crippen molar-refractivity contribution in [2.45, 2.75) is 12.4 Å². The molecule has 2 aromatic rings. The SMILES string of the molecule is O=[N+]([O-])c1cc(C(F)(F)F)ccc1-c1ccc(C(F)(F)F)cc1[N+](=O)[O-]. The van der Waals surface area contributed by atoms with Crippen molar-refractivity contribution in [1.82, 2.24) is 0 Å². The number of nitro groups is 2. The molecule has 0 heterocycles. The summed E-state index contributed by atoms with van der Waals surface area (Å²) in [4.78, 5) is 19.7. The number of hydrogen-bond acceptors (Lipinski definition) is 4. The van der Waals surface area contributed by atoms with Gasteiger partial charge in [-0.1, -0.05) is 0 Å². The second-order valence-corrected chi connectivity index (χ2v) is 4.97. The van der Waals surface area contributed by atoms with Gasteiger partial charge in [-0.25, -0.2) is 0 Å². The molecule has 0 spiro atoms. The molecule has 0 N–H and O–H groups in total. The van der Waals surface area contributed by atoms with E-state index in [0.29, 0.717) is 24.3 Å². The standard InChI is InChI=1S/C14H6F6N2O4/c15-13(16,17)7-1-3-9(11(5-7)21(23)24)10-4-2-8(14(18,19)20)6-12(10)22(25)26/h1-6H. The fourth-order valence-corrected chi connectivity index (χ4v) is 2.17. The van der Waals surface area contributed by atoms with Crippen LogP contribution in [-0.4, -0.2) is 9.85 Å². The minimum atomic E-state index is -4.91. The maximum absolute atomic E-state index is 12.7. The van der Waals surface area contributed by atoms with Crippen molar-refractivity contribution in [3.8, 4) is 11.1 Å². The fraction of sp³-hybridized carbons (Fsp3) is 0.143. The summed E-state index contributed by atoms with van der Waals surface area (Å²) >= 11 is 0. The summed E-state index contributed by atoms with van der Waals surface area (Å²) in [5.41, 5.74) is -6.21. The number of benzene rings is 2. The Balaban J connectivity index is 2.75. The van der Waals surface area contributed by atoms with Gasteiger partial charge >= 0.3 is 12.4 Å². The molecule has 0 aliphatic rings. The Bertz CT molecular complexity index is 818. The minimum absolute atomic E-state index is 0.163. The first-order valence-corrected chi connectivity index (χ1v) is 6.54. The van der Waals surface area contributed by atoms with Crippen LogP contribution >= 0.6 is 0 Å². The topological polar surface area (TPSA) is 86.3 Å². The Labute approximate surface area is 140 Å². The molecule has 0 amide bonds. The third-order valence-corrected chi connectivity index (χ3v) is 3.33. The molecule has 0 unspecified atom stereocenters. The van der Waals surface area contributed by atoms with Crippen molar-refractivity contribution in [3.05, 3.63) is 67.8 Å². The molecule has 0 saturated carbocycles. The molecule has 0 atom stereocenters. The molecule has 0 aliphatic carbocycles. The van der Waals surface area contributed by atoms with Crippen LogP contribution in [0, 0.1) is 20.2 Å². The van der Waals surface area contributed by atoms with E-state index >= 15 is 0 Å². The van der Waals surface area contributed by atoms with Crippen molar-refractivity contribution in [1.29, 1.82) is 0 Å². The number of hydrogen-bond donors (Lipinski definition) is 0. The van der Waals surface area contributed by atoms with Gasteiger partial charge in [-0.15, -0.1) is 0 Å². The second-order valence-electron chi connectivity index (χ2n) is 4.97. The van der Waals surface area contributed by atoms with Crippen LogP contribution in [-0.2, 0) is 12.4 Å². The predicted octanol–water partition coefficient (Wildman–Crippen LogP) is 5.21. The molecule has 0 saturated heterocycles. The number of nitrogens with zero attached hydrogens (tertiary/aromatic N) is 2. The molecular weight excluding hydrogens is 374 g/mol. The molecule has 0 bridgehead atoms. The first-order chi connectivity index (χ1) is 11.8. The number of halogens is 6. The maximum atomic E-state index is 12.7. The van der Waals surface area contributed by atoms with Crippen LogP contribution in [0.3, 0.4) is 0 Å². The normalized spacial score (nSPS) is 12.1. The van der Waals surface area contributed by atoms with Crippen molar-refractivity contribution in [2.24, 2.45) is 0 Å². The first kappa shape index (κ1) is 19.1. The fourth-order valence-electron chi connectivity index (χ4n) is 2.17. The van der Waals surface area contributed by atoms with Gasteiger partial charge in [-0.05, 0) is 24.3 Å². The molecule has 0 aliphatic heterocycles. The van der Waals surface area contributed by atoms with E-state index in [2.05, 4.69) is 0 Å². The lowest BCUT2D eigenvalue weighted by Crippen LogP contribution is -2.07. The van der Waals surface area contributed by atoms with Crippen LogP contribution in [0.15, 0.2) is 36.4 Å². The molecule has 138 valence electrons. The number of alkyl halides is 6. The third-order valence-electron chi connectivity index (χ3n) is 3.33. The lowest BCUT2D eigenvalue weighted by molar-refractivity contribution is -0.386. The Kier molecular flexibility index (Phi) is 4.62. The van der Waals surface area contributed by atoms with Crippen molar-refractivity contribution in [3.63, 3.8) is 0 Å². The lowest BCUT2D eigenvalue weighted by atomic mass is 9.98. The third kappa shape index (κ3) is 3.73. The summed E-state index contributed by atoms with van der Waals surface area (Å²) in [7, 11) is 0. The molecule has 26 heavy (non-hydrogen) atoms. The predicted molar refractivity (Wildman–Crippen MR) is 75.2 cm³/mol. The van der Waals surface area contributed by atoms with Gasteiger partial charge in [0.15, 0.2) is 0 Å². The smallest absolute Gasteiger partial charge is 0.258 e. The van der Waals surface area contributed by atoms with E-state index in [1.54, 1.807) is 0 Å². The van der Waals surface area contributed by atoms with Crippen molar-refractivity contribution < 1.29 is 36.2 Å².